The quantitative estimate of drug-likeness (QED) is 0.255. The van der Waals surface area contributed by atoms with E-state index in [1.165, 1.54) is 55.6 Å². The Balaban J connectivity index is 1.56. The van der Waals surface area contributed by atoms with Gasteiger partial charge in [-0.25, -0.2) is 16.8 Å². The lowest BCUT2D eigenvalue weighted by atomic mass is 10.2. The van der Waals surface area contributed by atoms with Gasteiger partial charge in [0.1, 0.15) is 12.3 Å². The second kappa shape index (κ2) is 12.0. The number of methoxy groups -OCH3 is 1. The van der Waals surface area contributed by atoms with E-state index < -0.39 is 32.5 Å². The molecule has 0 unspecified atom stereocenters. The lowest BCUT2D eigenvalue weighted by molar-refractivity contribution is -0.114. The van der Waals surface area contributed by atoms with Crippen molar-refractivity contribution in [1.29, 1.82) is 0 Å². The second-order valence-electron chi connectivity index (χ2n) is 8.68. The number of nitrogens with one attached hydrogen (secondary N) is 2. The molecule has 0 aliphatic carbocycles. The molecule has 2 N–H and O–H groups in total. The highest BCUT2D eigenvalue weighted by molar-refractivity contribution is 7.93. The van der Waals surface area contributed by atoms with E-state index in [2.05, 4.69) is 10.0 Å². The molecule has 0 aromatic heterocycles. The fourth-order valence-electron chi connectivity index (χ4n) is 3.79. The smallest absolute Gasteiger partial charge is 0.264 e. The van der Waals surface area contributed by atoms with Crippen molar-refractivity contribution < 1.29 is 26.4 Å². The lowest BCUT2D eigenvalue weighted by Crippen LogP contribution is -2.38. The Bertz CT molecular complexity index is 1710. The minimum Gasteiger partial charge on any atom is -0.495 e. The zero-order valence-corrected chi connectivity index (χ0v) is 23.9. The molecule has 4 aromatic carbocycles. The first-order valence-corrected chi connectivity index (χ1v) is 15.2. The van der Waals surface area contributed by atoms with Crippen LogP contribution in [0.2, 0.25) is 5.02 Å². The van der Waals surface area contributed by atoms with Crippen molar-refractivity contribution in [3.05, 3.63) is 108 Å². The Morgan fingerprint density at radius 1 is 0.825 bits per heavy atom. The maximum absolute atomic E-state index is 13.6. The summed E-state index contributed by atoms with van der Waals surface area (Å²) in [5.41, 5.74) is 1.60. The molecule has 0 aliphatic rings. The number of amides is 1. The Kier molecular flexibility index (Phi) is 8.67. The minimum absolute atomic E-state index is 0.00843. The maximum atomic E-state index is 13.6. The summed E-state index contributed by atoms with van der Waals surface area (Å²) in [4.78, 5) is 13.1. The van der Waals surface area contributed by atoms with Crippen LogP contribution in [0.15, 0.2) is 107 Å². The van der Waals surface area contributed by atoms with Crippen LogP contribution in [-0.4, -0.2) is 36.4 Å². The molecule has 1 amide bonds. The molecular formula is C28H26ClN3O6S2. The van der Waals surface area contributed by atoms with Crippen LogP contribution < -0.4 is 19.1 Å². The van der Waals surface area contributed by atoms with Gasteiger partial charge in [0, 0.05) is 16.4 Å². The van der Waals surface area contributed by atoms with E-state index >= 15 is 0 Å². The molecule has 0 spiro atoms. The van der Waals surface area contributed by atoms with Crippen LogP contribution in [0.3, 0.4) is 0 Å². The van der Waals surface area contributed by atoms with Crippen LogP contribution in [0.5, 0.6) is 5.75 Å². The number of sulfonamides is 2. The van der Waals surface area contributed by atoms with E-state index in [4.69, 9.17) is 16.3 Å². The fourth-order valence-corrected chi connectivity index (χ4v) is 6.42. The van der Waals surface area contributed by atoms with Gasteiger partial charge in [-0.3, -0.25) is 13.8 Å². The highest BCUT2D eigenvalue weighted by atomic mass is 35.5. The first-order valence-electron chi connectivity index (χ1n) is 11.9. The van der Waals surface area contributed by atoms with Crippen molar-refractivity contribution in [1.82, 2.24) is 0 Å². The Morgan fingerprint density at radius 3 is 2.08 bits per heavy atom. The third kappa shape index (κ3) is 6.74. The third-order valence-corrected chi connectivity index (χ3v) is 9.19. The van der Waals surface area contributed by atoms with Crippen molar-refractivity contribution in [3.8, 4) is 5.75 Å². The molecule has 0 radical (unpaired) electrons. The van der Waals surface area contributed by atoms with Gasteiger partial charge in [-0.15, -0.1) is 0 Å². The minimum atomic E-state index is -4.15. The molecule has 40 heavy (non-hydrogen) atoms. The summed E-state index contributed by atoms with van der Waals surface area (Å²) in [7, 11) is -6.63. The number of halogens is 1. The predicted octanol–water partition coefficient (Wildman–Crippen LogP) is 5.29. The highest BCUT2D eigenvalue weighted by Crippen LogP contribution is 2.33. The zero-order chi connectivity index (χ0) is 28.9. The Morgan fingerprint density at radius 2 is 1.45 bits per heavy atom. The average Bonchev–Trinajstić information content (AvgIpc) is 2.93. The van der Waals surface area contributed by atoms with Gasteiger partial charge in [0.2, 0.25) is 5.91 Å². The predicted molar refractivity (Wildman–Crippen MR) is 156 cm³/mol. The molecular weight excluding hydrogens is 574 g/mol. The van der Waals surface area contributed by atoms with Gasteiger partial charge in [-0.2, -0.15) is 0 Å². The van der Waals surface area contributed by atoms with Crippen LogP contribution in [0, 0.1) is 6.92 Å². The molecule has 0 bridgehead atoms. The first kappa shape index (κ1) is 28.9. The van der Waals surface area contributed by atoms with Gasteiger partial charge in [0.25, 0.3) is 20.0 Å². The monoisotopic (exact) mass is 599 g/mol. The molecule has 0 saturated carbocycles. The van der Waals surface area contributed by atoms with E-state index in [0.29, 0.717) is 10.7 Å². The molecule has 0 saturated heterocycles. The molecule has 0 aliphatic heterocycles. The number of hydrogen-bond acceptors (Lipinski definition) is 6. The van der Waals surface area contributed by atoms with E-state index in [0.717, 1.165) is 9.87 Å². The number of carbonyl (C=O) groups is 1. The molecule has 12 heteroatoms. The van der Waals surface area contributed by atoms with Gasteiger partial charge >= 0.3 is 0 Å². The third-order valence-electron chi connectivity index (χ3n) is 5.77. The normalized spacial score (nSPS) is 11.5. The fraction of sp³-hybridized carbons (Fsp3) is 0.107. The standard InChI is InChI=1S/C28H26ClN3O6S2/c1-20-8-17-27(38-2)26(18-20)32(40(36,37)25-6-4-3-5-7-25)19-28(33)30-22-13-15-24(16-14-22)39(34,35)31-23-11-9-21(29)10-12-23/h3-18,31H,19H2,1-2H3,(H,30,33). The summed E-state index contributed by atoms with van der Waals surface area (Å²) < 4.78 is 61.6. The summed E-state index contributed by atoms with van der Waals surface area (Å²) in [6, 6.07) is 24.5. The van der Waals surface area contributed by atoms with E-state index in [1.54, 1.807) is 55.5 Å². The van der Waals surface area contributed by atoms with E-state index in [-0.39, 0.29) is 26.9 Å². The SMILES string of the molecule is COc1ccc(C)cc1N(CC(=O)Nc1ccc(S(=O)(=O)Nc2ccc(Cl)cc2)cc1)S(=O)(=O)c1ccccc1. The van der Waals surface area contributed by atoms with Crippen molar-refractivity contribution in [2.75, 3.05) is 28.0 Å². The zero-order valence-electron chi connectivity index (χ0n) is 21.5. The van der Waals surface area contributed by atoms with Crippen LogP contribution >= 0.6 is 11.6 Å². The largest absolute Gasteiger partial charge is 0.495 e. The molecule has 9 nitrogen and oxygen atoms in total. The second-order valence-corrected chi connectivity index (χ2v) is 12.7. The van der Waals surface area contributed by atoms with Gasteiger partial charge in [-0.05, 0) is 85.3 Å². The number of hydrogen-bond donors (Lipinski definition) is 2. The molecule has 0 atom stereocenters. The van der Waals surface area contributed by atoms with Crippen molar-refractivity contribution >= 4 is 54.6 Å². The number of aryl methyl sites for hydroxylation is 1. The Labute approximate surface area is 238 Å². The highest BCUT2D eigenvalue weighted by Gasteiger charge is 2.29. The summed E-state index contributed by atoms with van der Waals surface area (Å²) >= 11 is 5.85. The van der Waals surface area contributed by atoms with Crippen molar-refractivity contribution in [3.63, 3.8) is 0 Å². The number of benzene rings is 4. The molecule has 0 heterocycles. The van der Waals surface area contributed by atoms with E-state index in [9.17, 15) is 21.6 Å². The maximum Gasteiger partial charge on any atom is 0.264 e. The van der Waals surface area contributed by atoms with Crippen LogP contribution in [0.1, 0.15) is 5.56 Å². The lowest BCUT2D eigenvalue weighted by Gasteiger charge is -2.26. The van der Waals surface area contributed by atoms with Crippen LogP contribution in [-0.2, 0) is 24.8 Å². The summed E-state index contributed by atoms with van der Waals surface area (Å²) in [6.45, 7) is 1.24. The topological polar surface area (TPSA) is 122 Å². The van der Waals surface area contributed by atoms with E-state index in [1.807, 2.05) is 0 Å². The average molecular weight is 600 g/mol. The summed E-state index contributed by atoms with van der Waals surface area (Å²) in [5, 5.41) is 3.11. The molecule has 0 fully saturated rings. The van der Waals surface area contributed by atoms with Crippen molar-refractivity contribution in [2.24, 2.45) is 0 Å². The number of rotatable bonds is 10. The molecule has 4 aromatic rings. The Hall–Kier alpha value is -4.06. The molecule has 4 rings (SSSR count). The number of carbonyl (C=O) groups excluding carboxylic acids is 1. The van der Waals surface area contributed by atoms with Crippen molar-refractivity contribution in [2.45, 2.75) is 16.7 Å². The first-order chi connectivity index (χ1) is 19.0. The number of anilines is 3. The van der Waals surface area contributed by atoms with Crippen LogP contribution in [0.4, 0.5) is 17.1 Å². The van der Waals surface area contributed by atoms with Gasteiger partial charge in [-0.1, -0.05) is 35.9 Å². The van der Waals surface area contributed by atoms with Crippen LogP contribution in [0.25, 0.3) is 0 Å². The van der Waals surface area contributed by atoms with Gasteiger partial charge in [0.05, 0.1) is 22.6 Å². The summed E-state index contributed by atoms with van der Waals surface area (Å²) in [6.07, 6.45) is 0. The van der Waals surface area contributed by atoms with Gasteiger partial charge < -0.3 is 10.1 Å². The number of ether oxygens (including phenoxy) is 1. The number of nitrogens with zero attached hydrogens (tertiary/aromatic N) is 1. The molecule has 208 valence electrons. The van der Waals surface area contributed by atoms with Gasteiger partial charge in [0.15, 0.2) is 0 Å². The summed E-state index contributed by atoms with van der Waals surface area (Å²) in [5.74, 6) is -0.362.